The summed E-state index contributed by atoms with van der Waals surface area (Å²) < 4.78 is 0. The smallest absolute Gasteiger partial charge is 0.253 e. The first kappa shape index (κ1) is 10.2. The fourth-order valence-corrected chi connectivity index (χ4v) is 2.33. The number of thiophene rings is 1. The molecule has 1 N–H and O–H groups in total. The van der Waals surface area contributed by atoms with Gasteiger partial charge in [-0.1, -0.05) is 0 Å². The van der Waals surface area contributed by atoms with Crippen molar-refractivity contribution in [2.45, 2.75) is 25.8 Å². The summed E-state index contributed by atoms with van der Waals surface area (Å²) >= 11 is 1.51. The zero-order chi connectivity index (χ0) is 10.8. The molecule has 2 rings (SSSR count). The fourth-order valence-electron chi connectivity index (χ4n) is 1.50. The highest BCUT2D eigenvalue weighted by Gasteiger charge is 2.32. The molecule has 4 heteroatoms. The van der Waals surface area contributed by atoms with Gasteiger partial charge in [0.2, 0.25) is 0 Å². The van der Waals surface area contributed by atoms with Crippen LogP contribution in [-0.4, -0.2) is 11.9 Å². The summed E-state index contributed by atoms with van der Waals surface area (Å²) in [6.07, 6.45) is 2.11. The summed E-state index contributed by atoms with van der Waals surface area (Å²) in [5, 5.41) is 15.4. The van der Waals surface area contributed by atoms with Gasteiger partial charge in [0.1, 0.15) is 6.04 Å². The van der Waals surface area contributed by atoms with Gasteiger partial charge in [0, 0.05) is 5.38 Å². The summed E-state index contributed by atoms with van der Waals surface area (Å²) in [6, 6.07) is 1.84. The van der Waals surface area contributed by atoms with Crippen molar-refractivity contribution >= 4 is 17.2 Å². The summed E-state index contributed by atoms with van der Waals surface area (Å²) in [7, 11) is 0. The van der Waals surface area contributed by atoms with Crippen LogP contribution in [0.25, 0.3) is 0 Å². The average molecular weight is 220 g/mol. The first-order valence-corrected chi connectivity index (χ1v) is 5.90. The molecule has 0 bridgehead atoms. The van der Waals surface area contributed by atoms with E-state index in [1.54, 1.807) is 0 Å². The second-order valence-electron chi connectivity index (χ2n) is 3.89. The quantitative estimate of drug-likeness (QED) is 0.848. The third-order valence-electron chi connectivity index (χ3n) is 2.62. The Labute approximate surface area is 92.7 Å². The molecule has 0 radical (unpaired) electrons. The molecule has 0 saturated heterocycles. The van der Waals surface area contributed by atoms with Gasteiger partial charge in [-0.2, -0.15) is 16.6 Å². The number of carbonyl (C=O) groups is 1. The number of nitrogens with zero attached hydrogens (tertiary/aromatic N) is 1. The van der Waals surface area contributed by atoms with E-state index in [1.807, 2.05) is 17.7 Å². The van der Waals surface area contributed by atoms with Crippen LogP contribution in [0.4, 0.5) is 0 Å². The normalized spacial score (nSPS) is 16.8. The predicted octanol–water partition coefficient (Wildman–Crippen LogP) is 2.09. The molecule has 1 aliphatic rings. The maximum atomic E-state index is 11.8. The molecule has 0 aliphatic heterocycles. The molecule has 1 unspecified atom stereocenters. The molecule has 78 valence electrons. The Balaban J connectivity index is 2.03. The van der Waals surface area contributed by atoms with Crippen molar-refractivity contribution in [3.63, 3.8) is 0 Å². The van der Waals surface area contributed by atoms with Gasteiger partial charge >= 0.3 is 0 Å². The number of amides is 1. The first-order valence-electron chi connectivity index (χ1n) is 4.95. The number of nitrogens with one attached hydrogen (secondary N) is 1. The van der Waals surface area contributed by atoms with E-state index in [9.17, 15) is 4.79 Å². The van der Waals surface area contributed by atoms with Crippen LogP contribution in [0.1, 0.15) is 28.8 Å². The number of carbonyl (C=O) groups excluding carboxylic acids is 1. The van der Waals surface area contributed by atoms with E-state index < -0.39 is 0 Å². The van der Waals surface area contributed by atoms with Gasteiger partial charge in [-0.3, -0.25) is 4.79 Å². The molecule has 1 aromatic heterocycles. The largest absolute Gasteiger partial charge is 0.336 e. The van der Waals surface area contributed by atoms with Gasteiger partial charge < -0.3 is 5.32 Å². The van der Waals surface area contributed by atoms with Gasteiger partial charge in [0.15, 0.2) is 0 Å². The van der Waals surface area contributed by atoms with Crippen LogP contribution in [0.3, 0.4) is 0 Å². The highest BCUT2D eigenvalue weighted by atomic mass is 32.1. The molecule has 1 atom stereocenters. The molecular formula is C11H12N2OS. The van der Waals surface area contributed by atoms with E-state index in [2.05, 4.69) is 11.4 Å². The lowest BCUT2D eigenvalue weighted by Gasteiger charge is -2.09. The van der Waals surface area contributed by atoms with Crippen LogP contribution in [0.2, 0.25) is 0 Å². The molecule has 1 fully saturated rings. The molecule has 1 amide bonds. The Morgan fingerprint density at radius 1 is 1.67 bits per heavy atom. The van der Waals surface area contributed by atoms with Gasteiger partial charge in [-0.15, -0.1) is 0 Å². The summed E-state index contributed by atoms with van der Waals surface area (Å²) in [6.45, 7) is 1.91. The minimum Gasteiger partial charge on any atom is -0.336 e. The maximum Gasteiger partial charge on any atom is 0.253 e. The Bertz CT molecular complexity index is 414. The van der Waals surface area contributed by atoms with Crippen LogP contribution >= 0.6 is 11.3 Å². The molecule has 1 heterocycles. The Hall–Kier alpha value is -1.34. The van der Waals surface area contributed by atoms with Crippen LogP contribution in [0.5, 0.6) is 0 Å². The van der Waals surface area contributed by atoms with Crippen molar-refractivity contribution in [3.8, 4) is 6.07 Å². The second-order valence-corrected chi connectivity index (χ2v) is 4.63. The van der Waals surface area contributed by atoms with E-state index >= 15 is 0 Å². The van der Waals surface area contributed by atoms with E-state index in [4.69, 9.17) is 5.26 Å². The Morgan fingerprint density at radius 2 is 2.40 bits per heavy atom. The minimum atomic E-state index is -0.309. The minimum absolute atomic E-state index is 0.118. The van der Waals surface area contributed by atoms with Crippen molar-refractivity contribution < 1.29 is 4.79 Å². The fraction of sp³-hybridized carbons (Fsp3) is 0.455. The van der Waals surface area contributed by atoms with Crippen molar-refractivity contribution in [2.75, 3.05) is 0 Å². The number of rotatable bonds is 3. The molecule has 0 spiro atoms. The van der Waals surface area contributed by atoms with Gasteiger partial charge in [0.25, 0.3) is 5.91 Å². The standard InChI is InChI=1S/C11H12N2OS/c1-7-5-15-6-9(7)11(14)13-10(4-12)8-2-3-8/h5-6,8,10H,2-3H2,1H3,(H,13,14). The van der Waals surface area contributed by atoms with Crippen LogP contribution in [0, 0.1) is 24.2 Å². The number of aryl methyl sites for hydroxylation is 1. The van der Waals surface area contributed by atoms with Crippen molar-refractivity contribution in [3.05, 3.63) is 21.9 Å². The van der Waals surface area contributed by atoms with E-state index in [-0.39, 0.29) is 11.9 Å². The summed E-state index contributed by atoms with van der Waals surface area (Å²) in [5.41, 5.74) is 1.67. The second kappa shape index (κ2) is 4.03. The molecule has 1 aliphatic carbocycles. The molecule has 1 aromatic rings. The zero-order valence-corrected chi connectivity index (χ0v) is 9.30. The lowest BCUT2D eigenvalue weighted by atomic mass is 10.1. The van der Waals surface area contributed by atoms with Gasteiger partial charge in [-0.25, -0.2) is 0 Å². The number of nitriles is 1. The summed E-state index contributed by atoms with van der Waals surface area (Å²) in [5.74, 6) is 0.255. The van der Waals surface area contributed by atoms with E-state index in [0.29, 0.717) is 11.5 Å². The monoisotopic (exact) mass is 220 g/mol. The van der Waals surface area contributed by atoms with Crippen molar-refractivity contribution in [1.29, 1.82) is 5.26 Å². The zero-order valence-electron chi connectivity index (χ0n) is 8.49. The Kier molecular flexibility index (Phi) is 2.74. The van der Waals surface area contributed by atoms with Crippen molar-refractivity contribution in [2.24, 2.45) is 5.92 Å². The van der Waals surface area contributed by atoms with E-state index in [1.165, 1.54) is 11.3 Å². The van der Waals surface area contributed by atoms with Gasteiger partial charge in [0.05, 0.1) is 11.6 Å². The number of hydrogen-bond acceptors (Lipinski definition) is 3. The SMILES string of the molecule is Cc1cscc1C(=O)NC(C#N)C1CC1. The molecule has 3 nitrogen and oxygen atoms in total. The predicted molar refractivity (Wildman–Crippen MR) is 58.6 cm³/mol. The van der Waals surface area contributed by atoms with Crippen molar-refractivity contribution in [1.82, 2.24) is 5.32 Å². The van der Waals surface area contributed by atoms with E-state index in [0.717, 1.165) is 18.4 Å². The lowest BCUT2D eigenvalue weighted by Crippen LogP contribution is -2.35. The maximum absolute atomic E-state index is 11.8. The average Bonchev–Trinajstić information content (AvgIpc) is 2.97. The third kappa shape index (κ3) is 2.18. The molecule has 15 heavy (non-hydrogen) atoms. The Morgan fingerprint density at radius 3 is 2.87 bits per heavy atom. The first-order chi connectivity index (χ1) is 7.22. The molecule has 1 saturated carbocycles. The third-order valence-corrected chi connectivity index (χ3v) is 3.48. The van der Waals surface area contributed by atoms with Crippen LogP contribution in [0.15, 0.2) is 10.8 Å². The van der Waals surface area contributed by atoms with Crippen LogP contribution < -0.4 is 5.32 Å². The highest BCUT2D eigenvalue weighted by molar-refractivity contribution is 7.08. The summed E-state index contributed by atoms with van der Waals surface area (Å²) in [4.78, 5) is 11.8. The highest BCUT2D eigenvalue weighted by Crippen LogP contribution is 2.32. The molecule has 0 aromatic carbocycles. The van der Waals surface area contributed by atoms with Gasteiger partial charge in [-0.05, 0) is 36.6 Å². The van der Waals surface area contributed by atoms with Crippen LogP contribution in [-0.2, 0) is 0 Å². The lowest BCUT2D eigenvalue weighted by molar-refractivity contribution is 0.0942. The molecular weight excluding hydrogens is 208 g/mol. The topological polar surface area (TPSA) is 52.9 Å². The number of hydrogen-bond donors (Lipinski definition) is 1.